The summed E-state index contributed by atoms with van der Waals surface area (Å²) in [6.07, 6.45) is 0.0804. The van der Waals surface area contributed by atoms with Gasteiger partial charge < -0.3 is 19.5 Å². The number of nitrogens with zero attached hydrogens (tertiary/aromatic N) is 2. The summed E-state index contributed by atoms with van der Waals surface area (Å²) < 4.78 is 11.6. The molecule has 0 unspecified atom stereocenters. The number of rotatable bonds is 6. The van der Waals surface area contributed by atoms with E-state index in [0.29, 0.717) is 39.4 Å². The molecule has 0 spiro atoms. The second-order valence-corrected chi connectivity index (χ2v) is 8.28. The molecule has 2 N–H and O–H groups in total. The highest BCUT2D eigenvalue weighted by Crippen LogP contribution is 2.24. The van der Waals surface area contributed by atoms with Crippen LogP contribution in [0.5, 0.6) is 0 Å². The summed E-state index contributed by atoms with van der Waals surface area (Å²) in [4.78, 5) is 36.5. The lowest BCUT2D eigenvalue weighted by Gasteiger charge is -2.09. The SMILES string of the molecule is Cc1nn(-c2ccccc2)c(C)c1NC(=O)c1ccc(NC(=O)Cc2ccc3oc(=O)oc3c2)cc1. The van der Waals surface area contributed by atoms with Crippen molar-refractivity contribution in [3.63, 3.8) is 0 Å². The number of para-hydroxylation sites is 1. The quantitative estimate of drug-likeness (QED) is 0.364. The van der Waals surface area contributed by atoms with E-state index >= 15 is 0 Å². The normalized spacial score (nSPS) is 10.9. The van der Waals surface area contributed by atoms with E-state index in [2.05, 4.69) is 15.7 Å². The molecule has 9 nitrogen and oxygen atoms in total. The van der Waals surface area contributed by atoms with E-state index in [-0.39, 0.29) is 18.2 Å². The van der Waals surface area contributed by atoms with Gasteiger partial charge >= 0.3 is 5.82 Å². The summed E-state index contributed by atoms with van der Waals surface area (Å²) in [6, 6.07) is 21.2. The van der Waals surface area contributed by atoms with Crippen LogP contribution in [-0.2, 0) is 11.2 Å². The highest BCUT2D eigenvalue weighted by Gasteiger charge is 2.16. The van der Waals surface area contributed by atoms with Gasteiger partial charge in [0.15, 0.2) is 11.2 Å². The number of amides is 2. The number of fused-ring (bicyclic) bond motifs is 1. The van der Waals surface area contributed by atoms with Crippen LogP contribution in [0.1, 0.15) is 27.3 Å². The maximum absolute atomic E-state index is 12.9. The highest BCUT2D eigenvalue weighted by molar-refractivity contribution is 6.05. The summed E-state index contributed by atoms with van der Waals surface area (Å²) in [5.41, 5.74) is 5.39. The monoisotopic (exact) mass is 482 g/mol. The highest BCUT2D eigenvalue weighted by atomic mass is 16.6. The first-order chi connectivity index (χ1) is 17.4. The zero-order valence-electron chi connectivity index (χ0n) is 19.6. The minimum atomic E-state index is -0.786. The van der Waals surface area contributed by atoms with Crippen LogP contribution in [0.4, 0.5) is 11.4 Å². The standard InChI is InChI=1S/C27H22N4O5/c1-16-25(17(2)31(30-16)21-6-4-3-5-7-21)29-26(33)19-9-11-20(12-10-19)28-24(32)15-18-8-13-22-23(14-18)36-27(34)35-22/h3-14H,15H2,1-2H3,(H,28,32)(H,29,33). The molecule has 2 heterocycles. The number of benzene rings is 3. The molecule has 0 aliphatic rings. The van der Waals surface area contributed by atoms with Crippen molar-refractivity contribution in [3.8, 4) is 5.69 Å². The van der Waals surface area contributed by atoms with Crippen molar-refractivity contribution in [2.75, 3.05) is 10.6 Å². The average molecular weight is 482 g/mol. The molecular formula is C27H22N4O5. The number of nitrogens with one attached hydrogen (secondary N) is 2. The van der Waals surface area contributed by atoms with Gasteiger partial charge in [-0.25, -0.2) is 9.48 Å². The fraction of sp³-hybridized carbons (Fsp3) is 0.111. The molecule has 0 saturated carbocycles. The van der Waals surface area contributed by atoms with Gasteiger partial charge in [-0.15, -0.1) is 0 Å². The Morgan fingerprint density at radius 1 is 0.889 bits per heavy atom. The van der Waals surface area contributed by atoms with Gasteiger partial charge in [0.2, 0.25) is 5.91 Å². The Hall–Kier alpha value is -4.92. The topological polar surface area (TPSA) is 119 Å². The van der Waals surface area contributed by atoms with Crippen molar-refractivity contribution in [1.82, 2.24) is 9.78 Å². The third kappa shape index (κ3) is 4.67. The van der Waals surface area contributed by atoms with Gasteiger partial charge in [-0.05, 0) is 67.9 Å². The van der Waals surface area contributed by atoms with E-state index in [1.54, 1.807) is 47.1 Å². The number of anilines is 2. The molecule has 0 radical (unpaired) electrons. The van der Waals surface area contributed by atoms with Crippen LogP contribution < -0.4 is 16.5 Å². The molecule has 36 heavy (non-hydrogen) atoms. The largest absolute Gasteiger partial charge is 0.519 e. The summed E-state index contributed by atoms with van der Waals surface area (Å²) in [6.45, 7) is 3.75. The smallest absolute Gasteiger partial charge is 0.391 e. The third-order valence-corrected chi connectivity index (χ3v) is 5.72. The number of hydrogen-bond donors (Lipinski definition) is 2. The van der Waals surface area contributed by atoms with Gasteiger partial charge in [-0.2, -0.15) is 5.10 Å². The van der Waals surface area contributed by atoms with Crippen molar-refractivity contribution >= 4 is 34.4 Å². The number of aryl methyl sites for hydroxylation is 1. The molecule has 0 aliphatic heterocycles. The van der Waals surface area contributed by atoms with Crippen molar-refractivity contribution < 1.29 is 18.4 Å². The van der Waals surface area contributed by atoms with E-state index in [1.807, 2.05) is 44.2 Å². The summed E-state index contributed by atoms with van der Waals surface area (Å²) in [7, 11) is 0. The molecular weight excluding hydrogens is 460 g/mol. The van der Waals surface area contributed by atoms with Crippen LogP contribution >= 0.6 is 0 Å². The molecule has 2 amide bonds. The first-order valence-corrected chi connectivity index (χ1v) is 11.2. The van der Waals surface area contributed by atoms with E-state index in [9.17, 15) is 14.4 Å². The first kappa shape index (κ1) is 22.9. The molecule has 0 atom stereocenters. The van der Waals surface area contributed by atoms with Crippen LogP contribution in [0.25, 0.3) is 16.9 Å². The van der Waals surface area contributed by atoms with Crippen molar-refractivity contribution in [2.45, 2.75) is 20.3 Å². The lowest BCUT2D eigenvalue weighted by atomic mass is 10.1. The summed E-state index contributed by atoms with van der Waals surface area (Å²) >= 11 is 0. The van der Waals surface area contributed by atoms with Crippen LogP contribution in [-0.4, -0.2) is 21.6 Å². The molecule has 5 aromatic rings. The van der Waals surface area contributed by atoms with E-state index in [4.69, 9.17) is 8.83 Å². The van der Waals surface area contributed by atoms with Crippen LogP contribution in [0.15, 0.2) is 86.4 Å². The zero-order valence-corrected chi connectivity index (χ0v) is 19.6. The van der Waals surface area contributed by atoms with Gasteiger partial charge in [-0.1, -0.05) is 24.3 Å². The van der Waals surface area contributed by atoms with Crippen LogP contribution in [0, 0.1) is 13.8 Å². The van der Waals surface area contributed by atoms with E-state index in [1.165, 1.54) is 0 Å². The van der Waals surface area contributed by atoms with E-state index < -0.39 is 5.82 Å². The second-order valence-electron chi connectivity index (χ2n) is 8.28. The maximum atomic E-state index is 12.9. The Morgan fingerprint density at radius 2 is 1.61 bits per heavy atom. The van der Waals surface area contributed by atoms with Gasteiger partial charge in [0.1, 0.15) is 0 Å². The van der Waals surface area contributed by atoms with Gasteiger partial charge in [0, 0.05) is 11.3 Å². The molecule has 2 aromatic heterocycles. The van der Waals surface area contributed by atoms with Crippen molar-refractivity contribution in [2.24, 2.45) is 0 Å². The summed E-state index contributed by atoms with van der Waals surface area (Å²) in [5, 5.41) is 10.3. The van der Waals surface area contributed by atoms with Crippen LogP contribution in [0.2, 0.25) is 0 Å². The zero-order chi connectivity index (χ0) is 25.2. The Kier molecular flexibility index (Phi) is 5.95. The average Bonchev–Trinajstić information content (AvgIpc) is 3.38. The minimum Gasteiger partial charge on any atom is -0.391 e. The number of aromatic nitrogens is 2. The molecule has 3 aromatic carbocycles. The van der Waals surface area contributed by atoms with Crippen molar-refractivity contribution in [3.05, 3.63) is 106 Å². The Labute approximate surface area is 205 Å². The van der Waals surface area contributed by atoms with Gasteiger partial charge in [-0.3, -0.25) is 9.59 Å². The molecule has 9 heteroatoms. The lowest BCUT2D eigenvalue weighted by molar-refractivity contribution is -0.115. The Morgan fingerprint density at radius 3 is 2.36 bits per heavy atom. The molecule has 180 valence electrons. The molecule has 0 fully saturated rings. The number of carbonyl (C=O) groups is 2. The second kappa shape index (κ2) is 9.38. The molecule has 0 aliphatic carbocycles. The predicted octanol–water partition coefficient (Wildman–Crippen LogP) is 4.62. The summed E-state index contributed by atoms with van der Waals surface area (Å²) in [5.74, 6) is -1.32. The Bertz CT molecular complexity index is 1630. The fourth-order valence-corrected chi connectivity index (χ4v) is 3.95. The predicted molar refractivity (Wildman–Crippen MR) is 135 cm³/mol. The van der Waals surface area contributed by atoms with Gasteiger partial charge in [0.25, 0.3) is 5.91 Å². The Balaban J connectivity index is 1.24. The molecule has 0 saturated heterocycles. The lowest BCUT2D eigenvalue weighted by Crippen LogP contribution is -2.15. The molecule has 0 bridgehead atoms. The maximum Gasteiger partial charge on any atom is 0.519 e. The third-order valence-electron chi connectivity index (χ3n) is 5.72. The molecule has 5 rings (SSSR count). The first-order valence-electron chi connectivity index (χ1n) is 11.2. The fourth-order valence-electron chi connectivity index (χ4n) is 3.95. The van der Waals surface area contributed by atoms with Crippen LogP contribution in [0.3, 0.4) is 0 Å². The minimum absolute atomic E-state index is 0.0804. The number of hydrogen-bond acceptors (Lipinski definition) is 6. The van der Waals surface area contributed by atoms with Gasteiger partial charge in [0.05, 0.1) is 29.2 Å². The van der Waals surface area contributed by atoms with Crippen molar-refractivity contribution in [1.29, 1.82) is 0 Å². The number of carbonyl (C=O) groups excluding carboxylic acids is 2. The van der Waals surface area contributed by atoms with E-state index in [0.717, 1.165) is 11.4 Å².